The van der Waals surface area contributed by atoms with Gasteiger partial charge in [-0.25, -0.2) is 0 Å². The summed E-state index contributed by atoms with van der Waals surface area (Å²) in [7, 11) is 0. The van der Waals surface area contributed by atoms with Crippen molar-refractivity contribution in [1.29, 1.82) is 0 Å². The first-order chi connectivity index (χ1) is 8.54. The van der Waals surface area contributed by atoms with Crippen LogP contribution >= 0.6 is 0 Å². The number of hydrogen-bond acceptors (Lipinski definition) is 3. The molecule has 0 amide bonds. The van der Waals surface area contributed by atoms with Crippen molar-refractivity contribution in [3.8, 4) is 0 Å². The van der Waals surface area contributed by atoms with Gasteiger partial charge in [0, 0.05) is 43.2 Å². The Balaban J connectivity index is 2.97. The lowest BCUT2D eigenvalue weighted by Gasteiger charge is -2.43. The molecule has 1 aliphatic heterocycles. The Morgan fingerprint density at radius 3 is 2.50 bits per heavy atom. The maximum atomic E-state index is 8.56. The van der Waals surface area contributed by atoms with Crippen molar-refractivity contribution in [1.82, 2.24) is 10.2 Å². The lowest BCUT2D eigenvalue weighted by Crippen LogP contribution is -2.54. The summed E-state index contributed by atoms with van der Waals surface area (Å²) in [5.74, 6) is 0. The van der Waals surface area contributed by atoms with E-state index in [1.807, 2.05) is 0 Å². The molecule has 102 valence electrons. The first-order valence-corrected chi connectivity index (χ1v) is 6.69. The van der Waals surface area contributed by atoms with Gasteiger partial charge in [0.25, 0.3) is 0 Å². The molecule has 0 unspecified atom stereocenters. The standard InChI is InChI=1S/C13H25N5/c1-5-11(2)12(10-16-17-14)13(3,4)18-8-6-15-7-9-18/h15H,5-10H2,1-4H3. The third kappa shape index (κ3) is 3.48. The van der Waals surface area contributed by atoms with Crippen molar-refractivity contribution in [2.45, 2.75) is 39.7 Å². The summed E-state index contributed by atoms with van der Waals surface area (Å²) in [6.45, 7) is 13.4. The van der Waals surface area contributed by atoms with Crippen LogP contribution in [-0.2, 0) is 0 Å². The molecule has 0 atom stereocenters. The van der Waals surface area contributed by atoms with E-state index >= 15 is 0 Å². The van der Waals surface area contributed by atoms with Gasteiger partial charge in [0.05, 0.1) is 0 Å². The molecule has 0 spiro atoms. The number of allylic oxidation sites excluding steroid dienone is 1. The summed E-state index contributed by atoms with van der Waals surface area (Å²) in [5.41, 5.74) is 11.1. The minimum Gasteiger partial charge on any atom is -0.314 e. The average Bonchev–Trinajstić information content (AvgIpc) is 2.39. The minimum absolute atomic E-state index is 0.0314. The predicted octanol–water partition coefficient (Wildman–Crippen LogP) is 2.71. The van der Waals surface area contributed by atoms with Crippen LogP contribution in [0.4, 0.5) is 0 Å². The minimum atomic E-state index is -0.0314. The van der Waals surface area contributed by atoms with E-state index in [4.69, 9.17) is 5.53 Å². The van der Waals surface area contributed by atoms with Crippen molar-refractivity contribution in [2.75, 3.05) is 32.7 Å². The molecule has 0 aromatic rings. The van der Waals surface area contributed by atoms with Crippen LogP contribution in [0.5, 0.6) is 0 Å². The molecule has 1 aliphatic rings. The Morgan fingerprint density at radius 2 is 2.00 bits per heavy atom. The van der Waals surface area contributed by atoms with E-state index in [0.29, 0.717) is 6.54 Å². The van der Waals surface area contributed by atoms with Gasteiger partial charge in [-0.05, 0) is 38.3 Å². The number of nitrogens with zero attached hydrogens (tertiary/aromatic N) is 4. The quantitative estimate of drug-likeness (QED) is 0.353. The van der Waals surface area contributed by atoms with Gasteiger partial charge < -0.3 is 5.32 Å². The number of piperazine rings is 1. The molecule has 1 fully saturated rings. The maximum absolute atomic E-state index is 8.56. The van der Waals surface area contributed by atoms with Crippen LogP contribution in [0.2, 0.25) is 0 Å². The molecule has 18 heavy (non-hydrogen) atoms. The van der Waals surface area contributed by atoms with E-state index in [1.165, 1.54) is 11.1 Å². The van der Waals surface area contributed by atoms with Crippen LogP contribution in [-0.4, -0.2) is 43.2 Å². The highest BCUT2D eigenvalue weighted by molar-refractivity contribution is 5.25. The molecule has 1 saturated heterocycles. The molecule has 0 radical (unpaired) electrons. The van der Waals surface area contributed by atoms with Gasteiger partial charge in [0.2, 0.25) is 0 Å². The SMILES string of the molecule is CCC(C)=C(CN=[N+]=[N-])C(C)(C)N1CCNCC1. The molecule has 0 saturated carbocycles. The molecule has 0 aromatic heterocycles. The number of azide groups is 1. The van der Waals surface area contributed by atoms with Crippen molar-refractivity contribution in [2.24, 2.45) is 5.11 Å². The number of hydrogen-bond donors (Lipinski definition) is 1. The third-order valence-corrected chi connectivity index (χ3v) is 3.98. The second-order valence-electron chi connectivity index (χ2n) is 5.30. The van der Waals surface area contributed by atoms with Crippen LogP contribution < -0.4 is 5.32 Å². The smallest absolute Gasteiger partial charge is 0.0490 e. The van der Waals surface area contributed by atoms with E-state index < -0.39 is 0 Å². The Hall–Kier alpha value is -1.03. The average molecular weight is 251 g/mol. The van der Waals surface area contributed by atoms with E-state index in [9.17, 15) is 0 Å². The molecule has 5 heteroatoms. The Kier molecular flexibility index (Phi) is 5.66. The second kappa shape index (κ2) is 6.78. The predicted molar refractivity (Wildman–Crippen MR) is 75.5 cm³/mol. The van der Waals surface area contributed by atoms with Gasteiger partial charge in [-0.3, -0.25) is 4.90 Å². The van der Waals surface area contributed by atoms with Gasteiger partial charge in [-0.15, -0.1) is 0 Å². The highest BCUT2D eigenvalue weighted by Gasteiger charge is 2.31. The van der Waals surface area contributed by atoms with Crippen LogP contribution in [0, 0.1) is 0 Å². The van der Waals surface area contributed by atoms with Gasteiger partial charge >= 0.3 is 0 Å². The lowest BCUT2D eigenvalue weighted by molar-refractivity contribution is 0.130. The van der Waals surface area contributed by atoms with E-state index in [-0.39, 0.29) is 5.54 Å². The summed E-state index contributed by atoms with van der Waals surface area (Å²) < 4.78 is 0. The highest BCUT2D eigenvalue weighted by atomic mass is 15.2. The fourth-order valence-corrected chi connectivity index (χ4v) is 2.58. The second-order valence-corrected chi connectivity index (χ2v) is 5.30. The molecule has 1 rings (SSSR count). The summed E-state index contributed by atoms with van der Waals surface area (Å²) in [6.07, 6.45) is 1.01. The molecule has 5 nitrogen and oxygen atoms in total. The fourth-order valence-electron chi connectivity index (χ4n) is 2.58. The Bertz CT molecular complexity index is 346. The van der Waals surface area contributed by atoms with E-state index in [0.717, 1.165) is 32.6 Å². The monoisotopic (exact) mass is 251 g/mol. The topological polar surface area (TPSA) is 64.0 Å². The molecular formula is C13H25N5. The van der Waals surface area contributed by atoms with Gasteiger partial charge in [-0.2, -0.15) is 0 Å². The van der Waals surface area contributed by atoms with Gasteiger partial charge in [0.1, 0.15) is 0 Å². The summed E-state index contributed by atoms with van der Waals surface area (Å²) in [6, 6.07) is 0. The Morgan fingerprint density at radius 1 is 1.39 bits per heavy atom. The van der Waals surface area contributed by atoms with Crippen molar-refractivity contribution >= 4 is 0 Å². The van der Waals surface area contributed by atoms with E-state index in [2.05, 4.69) is 47.9 Å². The lowest BCUT2D eigenvalue weighted by atomic mass is 9.87. The number of nitrogens with one attached hydrogen (secondary N) is 1. The third-order valence-electron chi connectivity index (χ3n) is 3.98. The van der Waals surface area contributed by atoms with Crippen LogP contribution in [0.3, 0.4) is 0 Å². The zero-order valence-electron chi connectivity index (χ0n) is 12.0. The van der Waals surface area contributed by atoms with Crippen LogP contribution in [0.15, 0.2) is 16.3 Å². The first kappa shape index (κ1) is 15.0. The van der Waals surface area contributed by atoms with Crippen LogP contribution in [0.25, 0.3) is 10.4 Å². The molecule has 0 aromatic carbocycles. The van der Waals surface area contributed by atoms with Crippen molar-refractivity contribution in [3.05, 3.63) is 21.6 Å². The molecule has 1 heterocycles. The summed E-state index contributed by atoms with van der Waals surface area (Å²) in [4.78, 5) is 5.39. The zero-order valence-corrected chi connectivity index (χ0v) is 12.0. The molecule has 0 bridgehead atoms. The number of rotatable bonds is 5. The summed E-state index contributed by atoms with van der Waals surface area (Å²) in [5, 5.41) is 7.16. The summed E-state index contributed by atoms with van der Waals surface area (Å²) >= 11 is 0. The normalized spacial score (nSPS) is 19.1. The largest absolute Gasteiger partial charge is 0.314 e. The van der Waals surface area contributed by atoms with E-state index in [1.54, 1.807) is 0 Å². The molecule has 0 aliphatic carbocycles. The maximum Gasteiger partial charge on any atom is 0.0490 e. The Labute approximate surface area is 110 Å². The van der Waals surface area contributed by atoms with Crippen molar-refractivity contribution in [3.63, 3.8) is 0 Å². The molecule has 1 N–H and O–H groups in total. The molecular weight excluding hydrogens is 226 g/mol. The fraction of sp³-hybridized carbons (Fsp3) is 0.846. The highest BCUT2D eigenvalue weighted by Crippen LogP contribution is 2.28. The van der Waals surface area contributed by atoms with Crippen LogP contribution in [0.1, 0.15) is 34.1 Å². The van der Waals surface area contributed by atoms with Gasteiger partial charge in [-0.1, -0.05) is 17.6 Å². The van der Waals surface area contributed by atoms with Gasteiger partial charge in [0.15, 0.2) is 0 Å². The van der Waals surface area contributed by atoms with Crippen molar-refractivity contribution < 1.29 is 0 Å². The first-order valence-electron chi connectivity index (χ1n) is 6.69. The zero-order chi connectivity index (χ0) is 13.6.